The highest BCUT2D eigenvalue weighted by Gasteiger charge is 2.75. The summed E-state index contributed by atoms with van der Waals surface area (Å²) >= 11 is 0. The zero-order valence-corrected chi connectivity index (χ0v) is 14.5. The third-order valence-corrected chi connectivity index (χ3v) is 8.37. The molecule has 0 saturated carbocycles. The summed E-state index contributed by atoms with van der Waals surface area (Å²) in [5.41, 5.74) is 2.65. The van der Waals surface area contributed by atoms with Crippen molar-refractivity contribution in [2.75, 3.05) is 0 Å². The van der Waals surface area contributed by atoms with Gasteiger partial charge in [0.15, 0.2) is 0 Å². The van der Waals surface area contributed by atoms with Crippen molar-refractivity contribution >= 4 is 18.5 Å². The molecule has 4 atom stereocenters. The maximum absolute atomic E-state index is 6.52. The van der Waals surface area contributed by atoms with Gasteiger partial charge in [0.1, 0.15) is 23.7 Å². The fraction of sp³-hybridized carbons (Fsp3) is 0.182. The Bertz CT molecular complexity index is 903. The highest BCUT2D eigenvalue weighted by molar-refractivity contribution is 7.74. The van der Waals surface area contributed by atoms with Gasteiger partial charge >= 0.3 is 0 Å². The summed E-state index contributed by atoms with van der Waals surface area (Å²) in [5, 5.41) is 2.48. The lowest BCUT2D eigenvalue weighted by Crippen LogP contribution is -2.29. The Morgan fingerprint density at radius 2 is 1.32 bits per heavy atom. The van der Waals surface area contributed by atoms with Crippen LogP contribution in [-0.2, 0) is 14.8 Å². The van der Waals surface area contributed by atoms with Gasteiger partial charge in [-0.2, -0.15) is 0 Å². The minimum atomic E-state index is -0.666. The van der Waals surface area contributed by atoms with E-state index in [0.29, 0.717) is 0 Å². The molecule has 3 aromatic carbocycles. The van der Waals surface area contributed by atoms with E-state index in [2.05, 4.69) is 84.9 Å². The average molecular weight is 344 g/mol. The number of fused-ring (bicyclic) bond motifs is 6. The zero-order valence-electron chi connectivity index (χ0n) is 13.6. The van der Waals surface area contributed by atoms with Crippen molar-refractivity contribution in [2.24, 2.45) is 0 Å². The molecule has 122 valence electrons. The average Bonchev–Trinajstić information content (AvgIpc) is 3.57. The second-order valence-corrected chi connectivity index (χ2v) is 9.22. The Morgan fingerprint density at radius 3 is 2.00 bits per heavy atom. The van der Waals surface area contributed by atoms with E-state index in [1.54, 1.807) is 0 Å². The molecule has 2 fully saturated rings. The molecule has 3 aliphatic rings. The molecule has 3 heteroatoms. The van der Waals surface area contributed by atoms with Crippen LogP contribution in [-0.4, -0.2) is 12.2 Å². The van der Waals surface area contributed by atoms with E-state index in [-0.39, 0.29) is 23.7 Å². The molecule has 3 aromatic rings. The normalized spacial score (nSPS) is 31.0. The van der Waals surface area contributed by atoms with Gasteiger partial charge in [0.2, 0.25) is 0 Å². The van der Waals surface area contributed by atoms with Crippen LogP contribution < -0.4 is 10.6 Å². The second-order valence-electron chi connectivity index (χ2n) is 6.85. The molecule has 1 aliphatic carbocycles. The number of ether oxygens (including phenoxy) is 2. The number of benzene rings is 3. The fourth-order valence-electron chi connectivity index (χ4n) is 4.33. The number of hydrogen-bond acceptors (Lipinski definition) is 2. The Morgan fingerprint density at radius 1 is 0.720 bits per heavy atom. The van der Waals surface area contributed by atoms with E-state index in [9.17, 15) is 0 Å². The standard InChI is InChI=1S/C22H17O2P/c1-3-9-15(10-4-1)25(16-11-5-2-6-12-16)22-18-14-8-7-13-17(18)19-20(23-19)21(22)24-22/h1-14,19-21H. The van der Waals surface area contributed by atoms with Crippen molar-refractivity contribution in [1.82, 2.24) is 0 Å². The summed E-state index contributed by atoms with van der Waals surface area (Å²) in [5.74, 6) is 0. The van der Waals surface area contributed by atoms with Crippen molar-refractivity contribution in [1.29, 1.82) is 0 Å². The monoisotopic (exact) mass is 344 g/mol. The van der Waals surface area contributed by atoms with Crippen LogP contribution in [0.4, 0.5) is 0 Å². The van der Waals surface area contributed by atoms with Gasteiger partial charge in [0.25, 0.3) is 0 Å². The van der Waals surface area contributed by atoms with Crippen LogP contribution in [0.2, 0.25) is 0 Å². The zero-order chi connectivity index (χ0) is 16.4. The number of hydrogen-bond donors (Lipinski definition) is 0. The molecule has 25 heavy (non-hydrogen) atoms. The van der Waals surface area contributed by atoms with Crippen LogP contribution >= 0.6 is 7.92 Å². The van der Waals surface area contributed by atoms with Gasteiger partial charge in [-0.15, -0.1) is 0 Å². The van der Waals surface area contributed by atoms with E-state index in [1.807, 2.05) is 0 Å². The third kappa shape index (κ3) is 1.91. The first-order chi connectivity index (χ1) is 12.4. The summed E-state index contributed by atoms with van der Waals surface area (Å²) in [7, 11) is -0.666. The molecule has 6 rings (SSSR count). The van der Waals surface area contributed by atoms with Crippen molar-refractivity contribution in [2.45, 2.75) is 23.7 Å². The first kappa shape index (κ1) is 14.2. The first-order valence-corrected chi connectivity index (χ1v) is 10.1. The number of rotatable bonds is 3. The molecule has 2 nitrogen and oxygen atoms in total. The molecule has 0 radical (unpaired) electrons. The smallest absolute Gasteiger partial charge is 0.149 e. The maximum atomic E-state index is 6.52. The van der Waals surface area contributed by atoms with Crippen LogP contribution in [0.25, 0.3) is 0 Å². The van der Waals surface area contributed by atoms with Gasteiger partial charge in [0, 0.05) is 0 Å². The summed E-state index contributed by atoms with van der Waals surface area (Å²) in [6.07, 6.45) is 0.645. The fourth-order valence-corrected chi connectivity index (χ4v) is 7.40. The predicted molar refractivity (Wildman–Crippen MR) is 99.7 cm³/mol. The maximum Gasteiger partial charge on any atom is 0.149 e. The van der Waals surface area contributed by atoms with Gasteiger partial charge in [-0.3, -0.25) is 0 Å². The van der Waals surface area contributed by atoms with Crippen LogP contribution in [0.15, 0.2) is 84.9 Å². The minimum absolute atomic E-state index is 0.180. The summed E-state index contributed by atoms with van der Waals surface area (Å²) in [4.78, 5) is 0. The molecular formula is C22H17O2P. The largest absolute Gasteiger partial charge is 0.362 e. The Hall–Kier alpha value is -1.99. The Kier molecular flexibility index (Phi) is 2.85. The first-order valence-electron chi connectivity index (χ1n) is 8.72. The van der Waals surface area contributed by atoms with Crippen LogP contribution in [0.5, 0.6) is 0 Å². The van der Waals surface area contributed by atoms with Crippen LogP contribution in [0.1, 0.15) is 17.2 Å². The third-order valence-electron chi connectivity index (χ3n) is 5.47. The minimum Gasteiger partial charge on any atom is -0.362 e. The molecule has 4 unspecified atom stereocenters. The SMILES string of the molecule is c1ccc(P(c2ccccc2)C23OC2C2OC2c2ccccc23)cc1. The highest BCUT2D eigenvalue weighted by atomic mass is 31.1. The van der Waals surface area contributed by atoms with Gasteiger partial charge in [-0.25, -0.2) is 0 Å². The van der Waals surface area contributed by atoms with Gasteiger partial charge in [0.05, 0.1) is 0 Å². The predicted octanol–water partition coefficient (Wildman–Crippen LogP) is 3.82. The molecule has 0 bridgehead atoms. The Balaban J connectivity index is 1.59. The molecule has 0 aromatic heterocycles. The topological polar surface area (TPSA) is 25.1 Å². The quantitative estimate of drug-likeness (QED) is 0.533. The summed E-state index contributed by atoms with van der Waals surface area (Å²) < 4.78 is 12.5. The lowest BCUT2D eigenvalue weighted by Gasteiger charge is -2.29. The molecule has 0 spiro atoms. The van der Waals surface area contributed by atoms with Crippen LogP contribution in [0, 0.1) is 0 Å². The van der Waals surface area contributed by atoms with Crippen molar-refractivity contribution in [3.05, 3.63) is 96.1 Å². The molecular weight excluding hydrogens is 327 g/mol. The van der Waals surface area contributed by atoms with E-state index < -0.39 is 7.92 Å². The van der Waals surface area contributed by atoms with E-state index >= 15 is 0 Å². The molecule has 2 heterocycles. The van der Waals surface area contributed by atoms with Gasteiger partial charge in [-0.1, -0.05) is 84.9 Å². The Labute approximate surface area is 148 Å². The summed E-state index contributed by atoms with van der Waals surface area (Å²) in [6.45, 7) is 0. The second kappa shape index (κ2) is 5.02. The lowest BCUT2D eigenvalue weighted by molar-refractivity contribution is 0.298. The molecule has 0 amide bonds. The van der Waals surface area contributed by atoms with Gasteiger partial charge < -0.3 is 9.47 Å². The van der Waals surface area contributed by atoms with E-state index in [4.69, 9.17) is 9.47 Å². The summed E-state index contributed by atoms with van der Waals surface area (Å²) in [6, 6.07) is 30.4. The lowest BCUT2D eigenvalue weighted by atomic mass is 9.91. The molecule has 2 saturated heterocycles. The van der Waals surface area contributed by atoms with E-state index in [0.717, 1.165) is 0 Å². The van der Waals surface area contributed by atoms with Crippen molar-refractivity contribution in [3.63, 3.8) is 0 Å². The van der Waals surface area contributed by atoms with Crippen molar-refractivity contribution < 1.29 is 9.47 Å². The van der Waals surface area contributed by atoms with Crippen molar-refractivity contribution in [3.8, 4) is 0 Å². The van der Waals surface area contributed by atoms with Crippen LogP contribution in [0.3, 0.4) is 0 Å². The molecule has 2 aliphatic heterocycles. The molecule has 0 N–H and O–H groups in total. The van der Waals surface area contributed by atoms with E-state index in [1.165, 1.54) is 21.7 Å². The van der Waals surface area contributed by atoms with Gasteiger partial charge in [-0.05, 0) is 29.7 Å². The highest BCUT2D eigenvalue weighted by Crippen LogP contribution is 2.75. The number of epoxide rings is 2.